The topological polar surface area (TPSA) is 89.7 Å². The van der Waals surface area contributed by atoms with Crippen LogP contribution < -0.4 is 5.73 Å². The highest BCUT2D eigenvalue weighted by Gasteiger charge is 2.42. The normalized spacial score (nSPS) is 15.6. The van der Waals surface area contributed by atoms with E-state index in [1.54, 1.807) is 6.07 Å². The van der Waals surface area contributed by atoms with Gasteiger partial charge in [0.05, 0.1) is 18.2 Å². The molecule has 1 aliphatic rings. The highest BCUT2D eigenvalue weighted by Crippen LogP contribution is 2.29. The zero-order valence-corrected chi connectivity index (χ0v) is 9.97. The quantitative estimate of drug-likeness (QED) is 0.465. The molecule has 1 unspecified atom stereocenters. The fourth-order valence-electron chi connectivity index (χ4n) is 1.96. The molecule has 2 rings (SSSR count). The van der Waals surface area contributed by atoms with E-state index in [9.17, 15) is 14.4 Å². The van der Waals surface area contributed by atoms with Crippen molar-refractivity contribution >= 4 is 23.5 Å². The van der Waals surface area contributed by atoms with Crippen LogP contribution in [0.3, 0.4) is 0 Å². The van der Waals surface area contributed by atoms with Crippen molar-refractivity contribution in [2.75, 3.05) is 12.8 Å². The van der Waals surface area contributed by atoms with E-state index < -0.39 is 23.8 Å². The van der Waals surface area contributed by atoms with Gasteiger partial charge in [0.25, 0.3) is 11.8 Å². The van der Waals surface area contributed by atoms with Gasteiger partial charge in [-0.25, -0.2) is 4.79 Å². The van der Waals surface area contributed by atoms with Gasteiger partial charge < -0.3 is 10.5 Å². The smallest absolute Gasteiger partial charge is 0.328 e. The highest BCUT2D eigenvalue weighted by molar-refractivity contribution is 6.24. The van der Waals surface area contributed by atoms with Gasteiger partial charge in [-0.1, -0.05) is 6.07 Å². The fraction of sp³-hybridized carbons (Fsp3) is 0.250. The Labute approximate surface area is 103 Å². The first-order chi connectivity index (χ1) is 8.49. The molecule has 18 heavy (non-hydrogen) atoms. The van der Waals surface area contributed by atoms with Crippen LogP contribution in [0.2, 0.25) is 0 Å². The number of amides is 2. The first kappa shape index (κ1) is 12.1. The summed E-state index contributed by atoms with van der Waals surface area (Å²) in [6, 6.07) is 3.67. The number of esters is 1. The van der Waals surface area contributed by atoms with E-state index in [0.717, 1.165) is 4.90 Å². The monoisotopic (exact) mass is 248 g/mol. The van der Waals surface area contributed by atoms with E-state index in [-0.39, 0.29) is 16.8 Å². The maximum atomic E-state index is 12.1. The number of nitrogen functional groups attached to an aromatic ring is 1. The second-order valence-electron chi connectivity index (χ2n) is 3.95. The lowest BCUT2D eigenvalue weighted by molar-refractivity contribution is -0.144. The van der Waals surface area contributed by atoms with Crippen LogP contribution >= 0.6 is 0 Å². The van der Waals surface area contributed by atoms with Crippen LogP contribution in [0.25, 0.3) is 0 Å². The van der Waals surface area contributed by atoms with E-state index in [1.165, 1.54) is 26.2 Å². The number of benzene rings is 1. The second kappa shape index (κ2) is 4.14. The second-order valence-corrected chi connectivity index (χ2v) is 3.95. The third-order valence-electron chi connectivity index (χ3n) is 2.91. The maximum absolute atomic E-state index is 12.1. The number of ether oxygens (including phenoxy) is 1. The molecule has 6 heteroatoms. The Morgan fingerprint density at radius 1 is 1.33 bits per heavy atom. The minimum Gasteiger partial charge on any atom is -0.467 e. The molecule has 0 saturated heterocycles. The molecule has 6 nitrogen and oxygen atoms in total. The summed E-state index contributed by atoms with van der Waals surface area (Å²) < 4.78 is 4.53. The van der Waals surface area contributed by atoms with Gasteiger partial charge in [0, 0.05) is 5.69 Å². The number of methoxy groups -OCH3 is 1. The van der Waals surface area contributed by atoms with E-state index in [0.29, 0.717) is 0 Å². The van der Waals surface area contributed by atoms with Gasteiger partial charge >= 0.3 is 5.97 Å². The molecule has 0 radical (unpaired) electrons. The van der Waals surface area contributed by atoms with Crippen LogP contribution in [0.1, 0.15) is 27.6 Å². The summed E-state index contributed by atoms with van der Waals surface area (Å²) in [7, 11) is 1.20. The first-order valence-corrected chi connectivity index (χ1v) is 5.33. The molecule has 1 aromatic carbocycles. The highest BCUT2D eigenvalue weighted by atomic mass is 16.5. The van der Waals surface area contributed by atoms with Crippen LogP contribution in [-0.2, 0) is 9.53 Å². The average Bonchev–Trinajstić information content (AvgIpc) is 2.61. The van der Waals surface area contributed by atoms with Crippen LogP contribution in [0.15, 0.2) is 18.2 Å². The molecular formula is C12H12N2O4. The summed E-state index contributed by atoms with van der Waals surface area (Å²) in [5.41, 5.74) is 6.28. The molecule has 1 atom stereocenters. The largest absolute Gasteiger partial charge is 0.467 e. The Kier molecular flexibility index (Phi) is 2.78. The SMILES string of the molecule is COC(=O)C(C)N1C(=O)c2cccc(N)c2C1=O. The Bertz CT molecular complexity index is 553. The van der Waals surface area contributed by atoms with Gasteiger partial charge in [-0.15, -0.1) is 0 Å². The molecule has 1 heterocycles. The predicted octanol–water partition coefficient (Wildman–Crippen LogP) is 0.426. The lowest BCUT2D eigenvalue weighted by Crippen LogP contribution is -2.43. The third-order valence-corrected chi connectivity index (χ3v) is 2.91. The summed E-state index contributed by atoms with van der Waals surface area (Å²) in [4.78, 5) is 36.5. The van der Waals surface area contributed by atoms with E-state index in [1.807, 2.05) is 0 Å². The Hall–Kier alpha value is -2.37. The van der Waals surface area contributed by atoms with E-state index >= 15 is 0 Å². The molecule has 0 saturated carbocycles. The number of carbonyl (C=O) groups excluding carboxylic acids is 3. The molecule has 0 spiro atoms. The average molecular weight is 248 g/mol. The minimum absolute atomic E-state index is 0.151. The summed E-state index contributed by atoms with van der Waals surface area (Å²) in [5.74, 6) is -1.74. The number of imide groups is 1. The van der Waals surface area contributed by atoms with Gasteiger partial charge in [-0.2, -0.15) is 0 Å². The molecule has 94 valence electrons. The molecule has 1 aromatic rings. The number of rotatable bonds is 2. The van der Waals surface area contributed by atoms with Crippen molar-refractivity contribution in [2.24, 2.45) is 0 Å². The molecule has 0 aromatic heterocycles. The molecule has 0 fully saturated rings. The zero-order valence-electron chi connectivity index (χ0n) is 9.97. The van der Waals surface area contributed by atoms with Gasteiger partial charge in [0.15, 0.2) is 0 Å². The van der Waals surface area contributed by atoms with Crippen molar-refractivity contribution in [2.45, 2.75) is 13.0 Å². The molecule has 0 aliphatic carbocycles. The van der Waals surface area contributed by atoms with Gasteiger partial charge in [0.2, 0.25) is 0 Å². The van der Waals surface area contributed by atoms with Crippen LogP contribution in [-0.4, -0.2) is 35.8 Å². The van der Waals surface area contributed by atoms with Crippen molar-refractivity contribution in [1.29, 1.82) is 0 Å². The number of nitrogens with two attached hydrogens (primary N) is 1. The maximum Gasteiger partial charge on any atom is 0.328 e. The molecule has 1 aliphatic heterocycles. The lowest BCUT2D eigenvalue weighted by atomic mass is 10.1. The van der Waals surface area contributed by atoms with Gasteiger partial charge in [-0.05, 0) is 19.1 Å². The summed E-state index contributed by atoms with van der Waals surface area (Å²) >= 11 is 0. The minimum atomic E-state index is -0.971. The standard InChI is InChI=1S/C12H12N2O4/c1-6(12(17)18-2)14-10(15)7-4-3-5-8(13)9(7)11(14)16/h3-6H,13H2,1-2H3. The Morgan fingerprint density at radius 2 is 2.00 bits per heavy atom. The number of anilines is 1. The third kappa shape index (κ3) is 1.54. The van der Waals surface area contributed by atoms with Crippen molar-refractivity contribution < 1.29 is 19.1 Å². The number of fused-ring (bicyclic) bond motifs is 1. The van der Waals surface area contributed by atoms with E-state index in [2.05, 4.69) is 4.74 Å². The van der Waals surface area contributed by atoms with E-state index in [4.69, 9.17) is 5.73 Å². The Morgan fingerprint density at radius 3 is 2.56 bits per heavy atom. The zero-order chi connectivity index (χ0) is 13.4. The predicted molar refractivity (Wildman–Crippen MR) is 62.8 cm³/mol. The first-order valence-electron chi connectivity index (χ1n) is 5.33. The summed E-state index contributed by atoms with van der Waals surface area (Å²) in [6.45, 7) is 1.43. The van der Waals surface area contributed by atoms with Crippen LogP contribution in [0.5, 0.6) is 0 Å². The number of hydrogen-bond acceptors (Lipinski definition) is 5. The molecular weight excluding hydrogens is 236 g/mol. The van der Waals surface area contributed by atoms with Crippen LogP contribution in [0.4, 0.5) is 5.69 Å². The number of nitrogens with zero attached hydrogens (tertiary/aromatic N) is 1. The van der Waals surface area contributed by atoms with Crippen molar-refractivity contribution in [3.63, 3.8) is 0 Å². The fourth-order valence-corrected chi connectivity index (χ4v) is 1.96. The summed E-state index contributed by atoms with van der Waals surface area (Å²) in [5, 5.41) is 0. The summed E-state index contributed by atoms with van der Waals surface area (Å²) in [6.07, 6.45) is 0. The van der Waals surface area contributed by atoms with Gasteiger partial charge in [-0.3, -0.25) is 14.5 Å². The lowest BCUT2D eigenvalue weighted by Gasteiger charge is -2.19. The van der Waals surface area contributed by atoms with Crippen molar-refractivity contribution in [3.8, 4) is 0 Å². The molecule has 0 bridgehead atoms. The van der Waals surface area contributed by atoms with Crippen molar-refractivity contribution in [1.82, 2.24) is 4.90 Å². The van der Waals surface area contributed by atoms with Crippen LogP contribution in [0, 0.1) is 0 Å². The van der Waals surface area contributed by atoms with Crippen molar-refractivity contribution in [3.05, 3.63) is 29.3 Å². The number of hydrogen-bond donors (Lipinski definition) is 1. The molecule has 2 N–H and O–H groups in total. The Balaban J connectivity index is 2.46. The molecule has 2 amide bonds. The number of carbonyl (C=O) groups is 3. The van der Waals surface area contributed by atoms with Gasteiger partial charge in [0.1, 0.15) is 6.04 Å².